The van der Waals surface area contributed by atoms with Crippen LogP contribution in [0.5, 0.6) is 0 Å². The molecule has 10 heteroatoms. The average molecular weight is 393 g/mol. The summed E-state index contributed by atoms with van der Waals surface area (Å²) in [5.74, 6) is 1.06. The van der Waals surface area contributed by atoms with E-state index in [0.717, 1.165) is 44.5 Å². The van der Waals surface area contributed by atoms with E-state index in [-0.39, 0.29) is 18.4 Å². The number of unbranched alkanes of at least 4 members (excludes halogenated alkanes) is 2. The molecule has 10 nitrogen and oxygen atoms in total. The average Bonchev–Trinajstić information content (AvgIpc) is 3.55. The largest absolute Gasteiger partial charge is 0.344 e. The van der Waals surface area contributed by atoms with Gasteiger partial charge in [-0.1, -0.05) is 26.2 Å². The SMILES string of the molecule is CCCCC[C@H](CN(O)C=O)C(=O)NNc1nc(C2CC2)nc(N(C)CC)n1. The molecule has 1 aromatic rings. The van der Waals surface area contributed by atoms with Gasteiger partial charge in [0.05, 0.1) is 12.5 Å². The van der Waals surface area contributed by atoms with Gasteiger partial charge in [0.1, 0.15) is 5.82 Å². The fraction of sp³-hybridized carbons (Fsp3) is 0.722. The number of nitrogens with zero attached hydrogens (tertiary/aromatic N) is 5. The molecule has 1 aliphatic rings. The minimum Gasteiger partial charge on any atom is -0.344 e. The smallest absolute Gasteiger partial charge is 0.246 e. The first-order chi connectivity index (χ1) is 13.5. The van der Waals surface area contributed by atoms with Crippen LogP contribution in [0.3, 0.4) is 0 Å². The van der Waals surface area contributed by atoms with Gasteiger partial charge in [-0.2, -0.15) is 15.0 Å². The van der Waals surface area contributed by atoms with Gasteiger partial charge in [-0.15, -0.1) is 0 Å². The molecular formula is C18H31N7O3. The van der Waals surface area contributed by atoms with Gasteiger partial charge >= 0.3 is 0 Å². The quantitative estimate of drug-likeness (QED) is 0.200. The van der Waals surface area contributed by atoms with Gasteiger partial charge in [0.15, 0.2) is 0 Å². The van der Waals surface area contributed by atoms with Gasteiger partial charge in [0.2, 0.25) is 24.2 Å². The molecule has 0 aromatic carbocycles. The molecule has 0 bridgehead atoms. The first-order valence-corrected chi connectivity index (χ1v) is 9.92. The molecule has 0 saturated heterocycles. The minimum absolute atomic E-state index is 0.0604. The van der Waals surface area contributed by atoms with Crippen LogP contribution in [0.2, 0.25) is 0 Å². The predicted molar refractivity (Wildman–Crippen MR) is 105 cm³/mol. The summed E-state index contributed by atoms with van der Waals surface area (Å²) in [4.78, 5) is 38.4. The van der Waals surface area contributed by atoms with E-state index in [1.807, 2.05) is 18.9 Å². The predicted octanol–water partition coefficient (Wildman–Crippen LogP) is 1.69. The molecule has 1 aliphatic carbocycles. The molecule has 0 radical (unpaired) electrons. The van der Waals surface area contributed by atoms with Crippen molar-refractivity contribution in [2.45, 2.75) is 58.3 Å². The Kier molecular flexibility index (Phi) is 8.37. The maximum absolute atomic E-state index is 12.6. The summed E-state index contributed by atoms with van der Waals surface area (Å²) >= 11 is 0. The highest BCUT2D eigenvalue weighted by atomic mass is 16.5. The Morgan fingerprint density at radius 2 is 2.04 bits per heavy atom. The molecule has 1 saturated carbocycles. The standard InChI is InChI=1S/C18H31N7O3/c1-4-6-7-8-14(11-25(28)12-26)16(27)22-23-17-19-15(13-9-10-13)20-18(21-17)24(3)5-2/h12-14,28H,4-11H2,1-3H3,(H,22,27)(H,19,20,21,23)/t14-/m1/s1. The third-order valence-corrected chi connectivity index (χ3v) is 4.75. The Hall–Kier alpha value is -2.49. The van der Waals surface area contributed by atoms with E-state index in [4.69, 9.17) is 0 Å². The minimum atomic E-state index is -0.531. The molecule has 0 spiro atoms. The molecule has 1 aromatic heterocycles. The zero-order chi connectivity index (χ0) is 20.5. The number of nitrogens with one attached hydrogen (secondary N) is 2. The maximum atomic E-state index is 12.6. The highest BCUT2D eigenvalue weighted by molar-refractivity contribution is 5.80. The summed E-state index contributed by atoms with van der Waals surface area (Å²) in [6.45, 7) is 4.76. The topological polar surface area (TPSA) is 124 Å². The number of hydrogen-bond acceptors (Lipinski definition) is 8. The highest BCUT2D eigenvalue weighted by Gasteiger charge is 2.28. The number of carbonyl (C=O) groups excluding carboxylic acids is 2. The summed E-state index contributed by atoms with van der Waals surface area (Å²) in [6.07, 6.45) is 5.82. The van der Waals surface area contributed by atoms with E-state index in [2.05, 4.69) is 32.7 Å². The lowest BCUT2D eigenvalue weighted by molar-refractivity contribution is -0.154. The Morgan fingerprint density at radius 1 is 1.29 bits per heavy atom. The molecule has 3 N–H and O–H groups in total. The summed E-state index contributed by atoms with van der Waals surface area (Å²) in [5.41, 5.74) is 5.38. The number of aromatic nitrogens is 3. The number of rotatable bonds is 13. The number of hydrazine groups is 1. The summed E-state index contributed by atoms with van der Waals surface area (Å²) in [6, 6.07) is 0. The first kappa shape index (κ1) is 21.8. The lowest BCUT2D eigenvalue weighted by Gasteiger charge is -2.20. The summed E-state index contributed by atoms with van der Waals surface area (Å²) < 4.78 is 0. The number of carbonyl (C=O) groups is 2. The van der Waals surface area contributed by atoms with Crippen LogP contribution in [0, 0.1) is 5.92 Å². The molecule has 1 atom stereocenters. The molecule has 1 heterocycles. The Morgan fingerprint density at radius 3 is 2.64 bits per heavy atom. The van der Waals surface area contributed by atoms with Crippen LogP contribution in [0.15, 0.2) is 0 Å². The second kappa shape index (κ2) is 10.7. The molecule has 2 rings (SSSR count). The molecule has 2 amide bonds. The number of anilines is 2. The third-order valence-electron chi connectivity index (χ3n) is 4.75. The zero-order valence-corrected chi connectivity index (χ0v) is 16.9. The van der Waals surface area contributed by atoms with Crippen molar-refractivity contribution in [3.63, 3.8) is 0 Å². The van der Waals surface area contributed by atoms with Gasteiger partial charge in [0.25, 0.3) is 0 Å². The van der Waals surface area contributed by atoms with E-state index in [0.29, 0.717) is 29.8 Å². The van der Waals surface area contributed by atoms with Gasteiger partial charge in [-0.3, -0.25) is 25.6 Å². The van der Waals surface area contributed by atoms with E-state index in [1.54, 1.807) is 0 Å². The van der Waals surface area contributed by atoms with Crippen LogP contribution >= 0.6 is 0 Å². The highest BCUT2D eigenvalue weighted by Crippen LogP contribution is 2.38. The van der Waals surface area contributed by atoms with Crippen molar-refractivity contribution >= 4 is 24.2 Å². The third kappa shape index (κ3) is 6.59. The zero-order valence-electron chi connectivity index (χ0n) is 16.9. The van der Waals surface area contributed by atoms with E-state index >= 15 is 0 Å². The van der Waals surface area contributed by atoms with Crippen molar-refractivity contribution in [2.24, 2.45) is 5.92 Å². The number of amides is 2. The van der Waals surface area contributed by atoms with Crippen LogP contribution in [-0.2, 0) is 9.59 Å². The monoisotopic (exact) mass is 393 g/mol. The Bertz CT molecular complexity index is 654. The van der Waals surface area contributed by atoms with Crippen molar-refractivity contribution in [1.29, 1.82) is 0 Å². The Balaban J connectivity index is 2.03. The van der Waals surface area contributed by atoms with Crippen molar-refractivity contribution in [3.05, 3.63) is 5.82 Å². The van der Waals surface area contributed by atoms with Crippen molar-refractivity contribution in [3.8, 4) is 0 Å². The van der Waals surface area contributed by atoms with Gasteiger partial charge in [0, 0.05) is 19.5 Å². The van der Waals surface area contributed by atoms with Crippen LogP contribution in [0.25, 0.3) is 0 Å². The lowest BCUT2D eigenvalue weighted by Crippen LogP contribution is -2.40. The van der Waals surface area contributed by atoms with E-state index in [1.165, 1.54) is 0 Å². The summed E-state index contributed by atoms with van der Waals surface area (Å²) in [7, 11) is 1.90. The van der Waals surface area contributed by atoms with Crippen molar-refractivity contribution in [1.82, 2.24) is 25.4 Å². The maximum Gasteiger partial charge on any atom is 0.246 e. The molecule has 0 unspecified atom stereocenters. The van der Waals surface area contributed by atoms with Gasteiger partial charge in [-0.25, -0.2) is 5.06 Å². The molecule has 28 heavy (non-hydrogen) atoms. The number of hydrogen-bond donors (Lipinski definition) is 3. The van der Waals surface area contributed by atoms with Crippen LogP contribution < -0.4 is 15.8 Å². The Labute approximate surface area is 165 Å². The van der Waals surface area contributed by atoms with Gasteiger partial charge < -0.3 is 4.90 Å². The molecular weight excluding hydrogens is 362 g/mol. The lowest BCUT2D eigenvalue weighted by atomic mass is 10.0. The van der Waals surface area contributed by atoms with Crippen LogP contribution in [-0.4, -0.2) is 57.7 Å². The van der Waals surface area contributed by atoms with Crippen LogP contribution in [0.1, 0.15) is 64.1 Å². The van der Waals surface area contributed by atoms with Crippen molar-refractivity contribution < 1.29 is 14.8 Å². The molecule has 156 valence electrons. The van der Waals surface area contributed by atoms with Crippen molar-refractivity contribution in [2.75, 3.05) is 30.5 Å². The second-order valence-electron chi connectivity index (χ2n) is 7.14. The van der Waals surface area contributed by atoms with E-state index < -0.39 is 5.92 Å². The molecule has 1 fully saturated rings. The fourth-order valence-corrected chi connectivity index (χ4v) is 2.71. The van der Waals surface area contributed by atoms with E-state index in [9.17, 15) is 14.8 Å². The second-order valence-corrected chi connectivity index (χ2v) is 7.14. The normalized spacial score (nSPS) is 14.3. The summed E-state index contributed by atoms with van der Waals surface area (Å²) in [5, 5.41) is 9.97. The van der Waals surface area contributed by atoms with Gasteiger partial charge in [-0.05, 0) is 26.2 Å². The number of hydroxylamine groups is 2. The molecule has 0 aliphatic heterocycles. The first-order valence-electron chi connectivity index (χ1n) is 9.92. The fourth-order valence-electron chi connectivity index (χ4n) is 2.71. The van der Waals surface area contributed by atoms with Crippen LogP contribution in [0.4, 0.5) is 11.9 Å².